The van der Waals surface area contributed by atoms with E-state index in [2.05, 4.69) is 17.0 Å². The highest BCUT2D eigenvalue weighted by Crippen LogP contribution is 2.41. The molecule has 0 spiro atoms. The van der Waals surface area contributed by atoms with Crippen LogP contribution >= 0.6 is 22.9 Å². The Kier molecular flexibility index (Phi) is 6.36. The number of para-hydroxylation sites is 1. The van der Waals surface area contributed by atoms with Crippen LogP contribution in [0, 0.1) is 0 Å². The van der Waals surface area contributed by atoms with Crippen LogP contribution < -0.4 is 4.74 Å². The van der Waals surface area contributed by atoms with Crippen LogP contribution in [0.1, 0.15) is 39.6 Å². The van der Waals surface area contributed by atoms with E-state index in [1.54, 1.807) is 0 Å². The Balaban J connectivity index is 1.24. The fourth-order valence-electron chi connectivity index (χ4n) is 4.58. The Labute approximate surface area is 202 Å². The number of carboxylic acid groups (broad SMARTS) is 1. The van der Waals surface area contributed by atoms with E-state index in [1.807, 2.05) is 60.7 Å². The number of ether oxygens (including phenoxy) is 1. The molecular weight excluding hydrogens is 454 g/mol. The lowest BCUT2D eigenvalue weighted by molar-refractivity contribution is 0.0700. The van der Waals surface area contributed by atoms with Crippen LogP contribution in [0.25, 0.3) is 10.1 Å². The summed E-state index contributed by atoms with van der Waals surface area (Å²) in [5.74, 6) is 1.05. The van der Waals surface area contributed by atoms with Gasteiger partial charge >= 0.3 is 5.97 Å². The number of aromatic carboxylic acids is 1. The van der Waals surface area contributed by atoms with Gasteiger partial charge in [-0.2, -0.15) is 0 Å². The van der Waals surface area contributed by atoms with Crippen LogP contribution in [-0.2, 0) is 6.54 Å². The third-order valence-corrected chi connectivity index (χ3v) is 7.60. The van der Waals surface area contributed by atoms with Crippen LogP contribution in [0.15, 0.2) is 72.8 Å². The summed E-state index contributed by atoms with van der Waals surface area (Å²) >= 11 is 7.58. The van der Waals surface area contributed by atoms with Crippen LogP contribution in [0.5, 0.6) is 11.5 Å². The molecule has 5 rings (SSSR count). The van der Waals surface area contributed by atoms with Gasteiger partial charge in [0.25, 0.3) is 0 Å². The van der Waals surface area contributed by atoms with Gasteiger partial charge in [-0.05, 0) is 90.8 Å². The van der Waals surface area contributed by atoms with Crippen molar-refractivity contribution in [2.75, 3.05) is 13.1 Å². The molecule has 0 amide bonds. The Hall–Kier alpha value is -2.86. The SMILES string of the molecule is O=C(O)c1sc2ccc(Cl)cc2c1C1CCN(Cc2ccc(Oc3ccccc3)cc2)CC1. The van der Waals surface area contributed by atoms with Crippen LogP contribution in [-0.4, -0.2) is 29.1 Å². The quantitative estimate of drug-likeness (QED) is 0.314. The van der Waals surface area contributed by atoms with Crippen molar-refractivity contribution in [3.63, 3.8) is 0 Å². The third kappa shape index (κ3) is 4.91. The summed E-state index contributed by atoms with van der Waals surface area (Å²) in [7, 11) is 0. The highest BCUT2D eigenvalue weighted by atomic mass is 35.5. The number of nitrogens with zero attached hydrogens (tertiary/aromatic N) is 1. The maximum absolute atomic E-state index is 11.9. The number of hydrogen-bond acceptors (Lipinski definition) is 4. The summed E-state index contributed by atoms with van der Waals surface area (Å²) in [6.45, 7) is 2.74. The van der Waals surface area contributed by atoms with Crippen molar-refractivity contribution in [2.45, 2.75) is 25.3 Å². The van der Waals surface area contributed by atoms with E-state index < -0.39 is 5.97 Å². The first-order valence-electron chi connectivity index (χ1n) is 11.1. The minimum Gasteiger partial charge on any atom is -0.477 e. The molecule has 0 atom stereocenters. The Morgan fingerprint density at radius 2 is 1.70 bits per heavy atom. The summed E-state index contributed by atoms with van der Waals surface area (Å²) in [6, 6.07) is 23.7. The molecule has 168 valence electrons. The Morgan fingerprint density at radius 1 is 1.00 bits per heavy atom. The van der Waals surface area contributed by atoms with Gasteiger partial charge < -0.3 is 9.84 Å². The molecule has 33 heavy (non-hydrogen) atoms. The molecule has 2 heterocycles. The lowest BCUT2D eigenvalue weighted by Crippen LogP contribution is -2.32. The van der Waals surface area contributed by atoms with E-state index in [-0.39, 0.29) is 5.92 Å². The molecule has 6 heteroatoms. The van der Waals surface area contributed by atoms with Crippen molar-refractivity contribution in [2.24, 2.45) is 0 Å². The molecule has 1 N–H and O–H groups in total. The molecule has 0 radical (unpaired) electrons. The van der Waals surface area contributed by atoms with Crippen molar-refractivity contribution >= 4 is 39.0 Å². The Morgan fingerprint density at radius 3 is 2.39 bits per heavy atom. The molecule has 1 saturated heterocycles. The zero-order chi connectivity index (χ0) is 22.8. The second kappa shape index (κ2) is 9.56. The summed E-state index contributed by atoms with van der Waals surface area (Å²) in [6.07, 6.45) is 1.88. The molecule has 1 aliphatic heterocycles. The molecule has 0 saturated carbocycles. The largest absolute Gasteiger partial charge is 0.477 e. The number of halogens is 1. The van der Waals surface area contributed by atoms with Crippen LogP contribution in [0.4, 0.5) is 0 Å². The summed E-state index contributed by atoms with van der Waals surface area (Å²) in [4.78, 5) is 14.8. The molecule has 3 aromatic carbocycles. The maximum Gasteiger partial charge on any atom is 0.346 e. The van der Waals surface area contributed by atoms with E-state index in [0.717, 1.165) is 59.6 Å². The predicted octanol–water partition coefficient (Wildman–Crippen LogP) is 7.42. The van der Waals surface area contributed by atoms with E-state index in [4.69, 9.17) is 16.3 Å². The number of carbonyl (C=O) groups is 1. The fourth-order valence-corrected chi connectivity index (χ4v) is 5.86. The van der Waals surface area contributed by atoms with E-state index >= 15 is 0 Å². The lowest BCUT2D eigenvalue weighted by atomic mass is 9.87. The van der Waals surface area contributed by atoms with Gasteiger partial charge in [0.15, 0.2) is 0 Å². The standard InChI is InChI=1S/C27H24ClNO3S/c28-20-8-11-24-23(16-20)25(26(33-24)27(30)31)19-12-14-29(15-13-19)17-18-6-9-22(10-7-18)32-21-4-2-1-3-5-21/h1-11,16,19H,12-15,17H2,(H,30,31). The molecule has 0 aliphatic carbocycles. The average Bonchev–Trinajstić information content (AvgIpc) is 3.21. The number of piperidine rings is 1. The second-order valence-corrected chi connectivity index (χ2v) is 9.89. The fraction of sp³-hybridized carbons (Fsp3) is 0.222. The van der Waals surface area contributed by atoms with E-state index in [0.29, 0.717) is 9.90 Å². The van der Waals surface area contributed by atoms with E-state index in [1.165, 1.54) is 16.9 Å². The number of thiophene rings is 1. The van der Waals surface area contributed by atoms with Gasteiger partial charge in [-0.25, -0.2) is 4.79 Å². The number of fused-ring (bicyclic) bond motifs is 1. The van der Waals surface area contributed by atoms with Crippen molar-refractivity contribution in [3.05, 3.63) is 93.8 Å². The normalized spacial score (nSPS) is 15.1. The first-order valence-corrected chi connectivity index (χ1v) is 12.3. The molecule has 0 bridgehead atoms. The minimum absolute atomic E-state index is 0.237. The molecule has 1 aliphatic rings. The summed E-state index contributed by atoms with van der Waals surface area (Å²) in [5, 5.41) is 11.4. The molecule has 1 aromatic heterocycles. The molecular formula is C27H24ClNO3S. The highest BCUT2D eigenvalue weighted by Gasteiger charge is 2.28. The van der Waals surface area contributed by atoms with Gasteiger partial charge in [-0.1, -0.05) is 41.9 Å². The van der Waals surface area contributed by atoms with Gasteiger partial charge in [-0.3, -0.25) is 4.90 Å². The lowest BCUT2D eigenvalue weighted by Gasteiger charge is -2.32. The van der Waals surface area contributed by atoms with Crippen molar-refractivity contribution in [1.29, 1.82) is 0 Å². The Bertz CT molecular complexity index is 1260. The van der Waals surface area contributed by atoms with Crippen molar-refractivity contribution in [3.8, 4) is 11.5 Å². The van der Waals surface area contributed by atoms with Gasteiger partial charge in [0.1, 0.15) is 16.4 Å². The zero-order valence-corrected chi connectivity index (χ0v) is 19.6. The van der Waals surface area contributed by atoms with Gasteiger partial charge in [0, 0.05) is 16.3 Å². The topological polar surface area (TPSA) is 49.8 Å². The second-order valence-electron chi connectivity index (χ2n) is 8.40. The molecule has 4 nitrogen and oxygen atoms in total. The van der Waals surface area contributed by atoms with Crippen LogP contribution in [0.3, 0.4) is 0 Å². The highest BCUT2D eigenvalue weighted by molar-refractivity contribution is 7.21. The number of hydrogen-bond donors (Lipinski definition) is 1. The van der Waals surface area contributed by atoms with Crippen LogP contribution in [0.2, 0.25) is 5.02 Å². The maximum atomic E-state index is 11.9. The van der Waals surface area contributed by atoms with Crippen molar-refractivity contribution < 1.29 is 14.6 Å². The molecule has 1 fully saturated rings. The smallest absolute Gasteiger partial charge is 0.346 e. The number of rotatable bonds is 6. The summed E-state index contributed by atoms with van der Waals surface area (Å²) < 4.78 is 6.88. The average molecular weight is 478 g/mol. The number of benzene rings is 3. The van der Waals surface area contributed by atoms with Gasteiger partial charge in [-0.15, -0.1) is 11.3 Å². The number of likely N-dealkylation sites (tertiary alicyclic amines) is 1. The first kappa shape index (κ1) is 22.0. The number of carboxylic acids is 1. The molecule has 0 unspecified atom stereocenters. The first-order chi connectivity index (χ1) is 16.1. The summed E-state index contributed by atoms with van der Waals surface area (Å²) in [5.41, 5.74) is 2.21. The van der Waals surface area contributed by atoms with Gasteiger partial charge in [0.2, 0.25) is 0 Å². The molecule has 4 aromatic rings. The van der Waals surface area contributed by atoms with E-state index in [9.17, 15) is 9.90 Å². The third-order valence-electron chi connectivity index (χ3n) is 6.19. The zero-order valence-electron chi connectivity index (χ0n) is 18.0. The monoisotopic (exact) mass is 477 g/mol. The predicted molar refractivity (Wildman–Crippen MR) is 134 cm³/mol. The van der Waals surface area contributed by atoms with Gasteiger partial charge in [0.05, 0.1) is 0 Å². The minimum atomic E-state index is -0.845. The van der Waals surface area contributed by atoms with Crippen molar-refractivity contribution in [1.82, 2.24) is 4.90 Å².